The molecule has 1 aliphatic heterocycles. The highest BCUT2D eigenvalue weighted by molar-refractivity contribution is 5.92. The zero-order chi connectivity index (χ0) is 20.5. The van der Waals surface area contributed by atoms with Crippen molar-refractivity contribution in [3.8, 4) is 0 Å². The van der Waals surface area contributed by atoms with Crippen LogP contribution in [-0.2, 0) is 18.9 Å². The molecule has 4 rings (SSSR count). The van der Waals surface area contributed by atoms with Gasteiger partial charge in [0.15, 0.2) is 11.2 Å². The molecule has 1 amide bonds. The van der Waals surface area contributed by atoms with Gasteiger partial charge in [0.1, 0.15) is 0 Å². The lowest BCUT2D eigenvalue weighted by Gasteiger charge is -2.34. The molecule has 1 aliphatic rings. The fraction of sp³-hybridized carbons (Fsp3) is 0.368. The van der Waals surface area contributed by atoms with Crippen molar-refractivity contribution >= 4 is 28.7 Å². The van der Waals surface area contributed by atoms with Crippen molar-refractivity contribution in [1.29, 1.82) is 0 Å². The number of nitrogens with zero attached hydrogens (tertiary/aromatic N) is 5. The number of piperazine rings is 1. The molecule has 0 radical (unpaired) electrons. The number of carbonyl (C=O) groups is 1. The zero-order valence-electron chi connectivity index (χ0n) is 16.4. The van der Waals surface area contributed by atoms with Crippen LogP contribution >= 0.6 is 0 Å². The maximum atomic E-state index is 12.3. The average molecular weight is 397 g/mol. The topological polar surface area (TPSA) is 108 Å². The number of nitrogens with one attached hydrogen (secondary N) is 2. The minimum absolute atomic E-state index is 0.0492. The Hall–Kier alpha value is -3.40. The van der Waals surface area contributed by atoms with E-state index in [1.807, 2.05) is 35.2 Å². The second-order valence-electron chi connectivity index (χ2n) is 7.14. The van der Waals surface area contributed by atoms with Gasteiger partial charge in [-0.2, -0.15) is 4.98 Å². The van der Waals surface area contributed by atoms with Crippen LogP contribution in [0.25, 0.3) is 11.2 Å². The first kappa shape index (κ1) is 18.9. The number of benzene rings is 1. The highest BCUT2D eigenvalue weighted by Gasteiger charge is 2.22. The van der Waals surface area contributed by atoms with Crippen molar-refractivity contribution in [2.75, 3.05) is 42.9 Å². The summed E-state index contributed by atoms with van der Waals surface area (Å²) in [6.45, 7) is 3.02. The van der Waals surface area contributed by atoms with E-state index in [1.165, 1.54) is 11.6 Å². The number of hydrogen-bond donors (Lipinski definition) is 2. The Balaban J connectivity index is 1.41. The lowest BCUT2D eigenvalue weighted by Crippen LogP contribution is -2.49. The van der Waals surface area contributed by atoms with E-state index >= 15 is 0 Å². The number of rotatable bonds is 4. The molecule has 3 aromatic rings. The number of aryl methyl sites for hydroxylation is 1. The van der Waals surface area contributed by atoms with Crippen LogP contribution in [0.5, 0.6) is 0 Å². The van der Waals surface area contributed by atoms with E-state index in [9.17, 15) is 14.4 Å². The summed E-state index contributed by atoms with van der Waals surface area (Å²) in [5, 5.41) is 2.89. The predicted molar refractivity (Wildman–Crippen MR) is 110 cm³/mol. The van der Waals surface area contributed by atoms with Gasteiger partial charge in [-0.1, -0.05) is 18.2 Å². The number of hydrogen-bond acceptors (Lipinski definition) is 6. The Kier molecular flexibility index (Phi) is 4.93. The molecule has 1 saturated heterocycles. The number of fused-ring (bicyclic) bond motifs is 1. The first-order valence-electron chi connectivity index (χ1n) is 9.42. The van der Waals surface area contributed by atoms with E-state index in [1.54, 1.807) is 7.05 Å². The third kappa shape index (κ3) is 3.66. The first-order valence-corrected chi connectivity index (χ1v) is 9.42. The van der Waals surface area contributed by atoms with E-state index in [-0.39, 0.29) is 5.91 Å². The third-order valence-corrected chi connectivity index (χ3v) is 5.18. The van der Waals surface area contributed by atoms with Crippen LogP contribution in [0.2, 0.25) is 0 Å². The SMILES string of the molecule is Cn1c(=O)c2[nH]c(N3CCN(CC(=O)Nc4ccccc4)CC3)nc2n(C)c1=O. The van der Waals surface area contributed by atoms with Crippen molar-refractivity contribution in [3.63, 3.8) is 0 Å². The Morgan fingerprint density at radius 3 is 2.45 bits per heavy atom. The van der Waals surface area contributed by atoms with Crippen LogP contribution in [-0.4, -0.2) is 62.6 Å². The summed E-state index contributed by atoms with van der Waals surface area (Å²) < 4.78 is 2.43. The minimum Gasteiger partial charge on any atom is -0.340 e. The van der Waals surface area contributed by atoms with Gasteiger partial charge in [0.25, 0.3) is 5.56 Å². The molecule has 0 saturated carbocycles. The zero-order valence-corrected chi connectivity index (χ0v) is 16.4. The van der Waals surface area contributed by atoms with Gasteiger partial charge in [-0.25, -0.2) is 4.79 Å². The lowest BCUT2D eigenvalue weighted by molar-refractivity contribution is -0.117. The maximum Gasteiger partial charge on any atom is 0.332 e. The van der Waals surface area contributed by atoms with Crippen LogP contribution < -0.4 is 21.5 Å². The molecule has 10 nitrogen and oxygen atoms in total. The number of aromatic amines is 1. The standard InChI is InChI=1S/C19H23N7O3/c1-23-16-15(17(28)24(2)19(23)29)21-18(22-16)26-10-8-25(9-11-26)12-14(27)20-13-6-4-3-5-7-13/h3-7H,8-12H2,1-2H3,(H,20,27)(H,21,22). The Bertz CT molecular complexity index is 1150. The molecular formula is C19H23N7O3. The van der Waals surface area contributed by atoms with E-state index in [4.69, 9.17) is 0 Å². The summed E-state index contributed by atoms with van der Waals surface area (Å²) in [5.41, 5.74) is 0.644. The average Bonchev–Trinajstić information content (AvgIpc) is 3.17. The molecule has 0 bridgehead atoms. The van der Waals surface area contributed by atoms with Gasteiger partial charge >= 0.3 is 5.69 Å². The molecule has 152 valence electrons. The number of imidazole rings is 1. The molecule has 0 spiro atoms. The molecule has 0 aliphatic carbocycles. The number of anilines is 2. The normalized spacial score (nSPS) is 15.0. The maximum absolute atomic E-state index is 12.3. The molecule has 29 heavy (non-hydrogen) atoms. The van der Waals surface area contributed by atoms with Crippen LogP contribution in [0, 0.1) is 0 Å². The number of H-pyrrole nitrogens is 1. The molecule has 2 aromatic heterocycles. The fourth-order valence-electron chi connectivity index (χ4n) is 3.51. The summed E-state index contributed by atoms with van der Waals surface area (Å²) >= 11 is 0. The Morgan fingerprint density at radius 2 is 1.76 bits per heavy atom. The molecule has 3 heterocycles. The summed E-state index contributed by atoms with van der Waals surface area (Å²) in [7, 11) is 3.04. The number of amides is 1. The van der Waals surface area contributed by atoms with E-state index in [0.717, 1.165) is 10.3 Å². The highest BCUT2D eigenvalue weighted by atomic mass is 16.2. The fourth-order valence-corrected chi connectivity index (χ4v) is 3.51. The Labute approximate surface area is 166 Å². The molecule has 10 heteroatoms. The van der Waals surface area contributed by atoms with Crippen LogP contribution in [0.3, 0.4) is 0 Å². The van der Waals surface area contributed by atoms with Gasteiger partial charge in [-0.05, 0) is 12.1 Å². The third-order valence-electron chi connectivity index (χ3n) is 5.18. The van der Waals surface area contributed by atoms with Crippen molar-refractivity contribution in [2.24, 2.45) is 14.1 Å². The molecule has 1 fully saturated rings. The smallest absolute Gasteiger partial charge is 0.332 e. The first-order chi connectivity index (χ1) is 13.9. The van der Waals surface area contributed by atoms with Crippen molar-refractivity contribution in [1.82, 2.24) is 24.0 Å². The van der Waals surface area contributed by atoms with E-state index < -0.39 is 11.2 Å². The lowest BCUT2D eigenvalue weighted by atomic mass is 10.3. The van der Waals surface area contributed by atoms with Gasteiger partial charge in [0, 0.05) is 46.0 Å². The van der Waals surface area contributed by atoms with Gasteiger partial charge in [0.2, 0.25) is 11.9 Å². The number of aromatic nitrogens is 4. The van der Waals surface area contributed by atoms with E-state index in [2.05, 4.69) is 20.2 Å². The number of para-hydroxylation sites is 1. The van der Waals surface area contributed by atoms with Crippen molar-refractivity contribution in [2.45, 2.75) is 0 Å². The number of carbonyl (C=O) groups excluding carboxylic acids is 1. The Morgan fingerprint density at radius 1 is 1.07 bits per heavy atom. The van der Waals surface area contributed by atoms with Gasteiger partial charge in [0.05, 0.1) is 6.54 Å². The van der Waals surface area contributed by atoms with Crippen LogP contribution in [0.15, 0.2) is 39.9 Å². The molecule has 0 atom stereocenters. The quantitative estimate of drug-likeness (QED) is 0.627. The monoisotopic (exact) mass is 397 g/mol. The second-order valence-corrected chi connectivity index (χ2v) is 7.14. The second kappa shape index (κ2) is 7.55. The predicted octanol–water partition coefficient (Wildman–Crippen LogP) is -0.279. The summed E-state index contributed by atoms with van der Waals surface area (Å²) in [6, 6.07) is 9.38. The summed E-state index contributed by atoms with van der Waals surface area (Å²) in [5.74, 6) is 0.513. The summed E-state index contributed by atoms with van der Waals surface area (Å²) in [6.07, 6.45) is 0. The summed E-state index contributed by atoms with van der Waals surface area (Å²) in [4.78, 5) is 48.3. The van der Waals surface area contributed by atoms with Gasteiger partial charge < -0.3 is 15.2 Å². The molecule has 1 aromatic carbocycles. The van der Waals surface area contributed by atoms with Crippen molar-refractivity contribution < 1.29 is 4.79 Å². The highest BCUT2D eigenvalue weighted by Crippen LogP contribution is 2.15. The largest absolute Gasteiger partial charge is 0.340 e. The molecule has 0 unspecified atom stereocenters. The van der Waals surface area contributed by atoms with Gasteiger partial charge in [-0.15, -0.1) is 0 Å². The van der Waals surface area contributed by atoms with Crippen LogP contribution in [0.4, 0.5) is 11.6 Å². The van der Waals surface area contributed by atoms with Gasteiger partial charge in [-0.3, -0.25) is 23.6 Å². The minimum atomic E-state index is -0.408. The van der Waals surface area contributed by atoms with Crippen LogP contribution in [0.1, 0.15) is 0 Å². The van der Waals surface area contributed by atoms with Crippen molar-refractivity contribution in [3.05, 3.63) is 51.2 Å². The van der Waals surface area contributed by atoms with E-state index in [0.29, 0.717) is 49.8 Å². The molecule has 2 N–H and O–H groups in total. The molecular weight excluding hydrogens is 374 g/mol.